The number of aliphatic carboxylic acids is 1. The number of likely N-dealkylation sites (tertiary alicyclic amines) is 1. The Bertz CT molecular complexity index is 376. The molecule has 18 heavy (non-hydrogen) atoms. The number of carbonyl (C=O) groups is 2. The smallest absolute Gasteiger partial charge is 0.471 e. The first kappa shape index (κ1) is 13.2. The second-order valence-electron chi connectivity index (χ2n) is 5.18. The molecule has 0 radical (unpaired) electrons. The van der Waals surface area contributed by atoms with Gasteiger partial charge in [-0.1, -0.05) is 6.42 Å². The second kappa shape index (κ2) is 4.13. The van der Waals surface area contributed by atoms with Gasteiger partial charge in [0.2, 0.25) is 0 Å². The minimum atomic E-state index is -5.00. The molecule has 1 unspecified atom stereocenters. The summed E-state index contributed by atoms with van der Waals surface area (Å²) >= 11 is 0. The van der Waals surface area contributed by atoms with Crippen molar-refractivity contribution in [2.75, 3.05) is 6.54 Å². The maximum absolute atomic E-state index is 12.5. The zero-order chi connectivity index (χ0) is 13.6. The summed E-state index contributed by atoms with van der Waals surface area (Å²) in [6, 6.07) is -1.34. The molecule has 1 atom stereocenters. The van der Waals surface area contributed by atoms with Crippen molar-refractivity contribution < 1.29 is 27.9 Å². The van der Waals surface area contributed by atoms with Gasteiger partial charge in [0.05, 0.1) is 0 Å². The Morgan fingerprint density at radius 2 is 1.83 bits per heavy atom. The molecule has 1 aliphatic heterocycles. The fourth-order valence-electron chi connectivity index (χ4n) is 2.87. The van der Waals surface area contributed by atoms with Crippen LogP contribution in [0.2, 0.25) is 0 Å². The molecule has 0 aromatic carbocycles. The van der Waals surface area contributed by atoms with E-state index in [4.69, 9.17) is 5.11 Å². The Kier molecular flexibility index (Phi) is 3.03. The highest BCUT2D eigenvalue weighted by Gasteiger charge is 2.52. The molecule has 2 aliphatic rings. The first-order valence-electron chi connectivity index (χ1n) is 5.86. The highest BCUT2D eigenvalue weighted by molar-refractivity contribution is 5.87. The maximum atomic E-state index is 12.5. The summed E-state index contributed by atoms with van der Waals surface area (Å²) in [6.07, 6.45) is -1.81. The molecule has 1 heterocycles. The Labute approximate surface area is 102 Å². The largest absolute Gasteiger partial charge is 0.480 e. The van der Waals surface area contributed by atoms with Gasteiger partial charge >= 0.3 is 18.1 Å². The van der Waals surface area contributed by atoms with Gasteiger partial charge in [0.15, 0.2) is 0 Å². The summed E-state index contributed by atoms with van der Waals surface area (Å²) in [4.78, 5) is 22.8. The van der Waals surface area contributed by atoms with E-state index in [1.54, 1.807) is 0 Å². The van der Waals surface area contributed by atoms with Crippen molar-refractivity contribution in [3.05, 3.63) is 0 Å². The third kappa shape index (κ3) is 2.18. The van der Waals surface area contributed by atoms with Gasteiger partial charge in [-0.05, 0) is 31.1 Å². The van der Waals surface area contributed by atoms with Crippen molar-refractivity contribution in [3.8, 4) is 0 Å². The number of rotatable bonds is 1. The molecule has 1 saturated carbocycles. The Morgan fingerprint density at radius 1 is 1.22 bits per heavy atom. The molecule has 2 fully saturated rings. The molecule has 1 saturated heterocycles. The number of carboxylic acid groups (broad SMARTS) is 1. The van der Waals surface area contributed by atoms with E-state index < -0.39 is 24.1 Å². The van der Waals surface area contributed by atoms with Crippen LogP contribution < -0.4 is 0 Å². The minimum Gasteiger partial charge on any atom is -0.480 e. The van der Waals surface area contributed by atoms with Crippen LogP contribution in [0.1, 0.15) is 32.1 Å². The predicted octanol–water partition coefficient (Wildman–Crippen LogP) is 1.79. The predicted molar refractivity (Wildman–Crippen MR) is 54.7 cm³/mol. The second-order valence-corrected chi connectivity index (χ2v) is 5.18. The molecular weight excluding hydrogens is 251 g/mol. The molecule has 0 aromatic rings. The number of piperidine rings is 1. The van der Waals surface area contributed by atoms with Crippen LogP contribution in [-0.4, -0.2) is 40.6 Å². The zero-order valence-electron chi connectivity index (χ0n) is 9.66. The van der Waals surface area contributed by atoms with Crippen LogP contribution in [-0.2, 0) is 9.59 Å². The number of halogens is 3. The lowest BCUT2D eigenvalue weighted by molar-refractivity contribution is -0.196. The van der Waals surface area contributed by atoms with Gasteiger partial charge in [0, 0.05) is 6.54 Å². The topological polar surface area (TPSA) is 57.6 Å². The van der Waals surface area contributed by atoms with Crippen molar-refractivity contribution in [2.24, 2.45) is 5.41 Å². The first-order valence-corrected chi connectivity index (χ1v) is 5.86. The van der Waals surface area contributed by atoms with Gasteiger partial charge in [0.25, 0.3) is 0 Å². The van der Waals surface area contributed by atoms with Crippen LogP contribution in [0, 0.1) is 5.41 Å². The zero-order valence-corrected chi connectivity index (χ0v) is 9.66. The van der Waals surface area contributed by atoms with Crippen molar-refractivity contribution in [1.29, 1.82) is 0 Å². The monoisotopic (exact) mass is 265 g/mol. The third-order valence-corrected chi connectivity index (χ3v) is 4.03. The highest BCUT2D eigenvalue weighted by atomic mass is 19.4. The number of alkyl halides is 3. The van der Waals surface area contributed by atoms with Gasteiger partial charge in [-0.25, -0.2) is 4.79 Å². The van der Waals surface area contributed by atoms with Gasteiger partial charge in [-0.3, -0.25) is 4.79 Å². The van der Waals surface area contributed by atoms with E-state index in [1.807, 2.05) is 0 Å². The number of carbonyl (C=O) groups excluding carboxylic acids is 1. The van der Waals surface area contributed by atoms with E-state index in [-0.39, 0.29) is 18.4 Å². The van der Waals surface area contributed by atoms with Gasteiger partial charge in [0.1, 0.15) is 6.04 Å². The molecule has 1 N–H and O–H groups in total. The summed E-state index contributed by atoms with van der Waals surface area (Å²) in [5.74, 6) is -3.39. The van der Waals surface area contributed by atoms with Crippen LogP contribution in [0.15, 0.2) is 0 Å². The van der Waals surface area contributed by atoms with Crippen molar-refractivity contribution in [3.63, 3.8) is 0 Å². The summed E-state index contributed by atoms with van der Waals surface area (Å²) in [5, 5.41) is 8.92. The van der Waals surface area contributed by atoms with Gasteiger partial charge < -0.3 is 10.0 Å². The van der Waals surface area contributed by atoms with Crippen LogP contribution in [0.4, 0.5) is 13.2 Å². The number of hydrogen-bond donors (Lipinski definition) is 1. The minimum absolute atomic E-state index is 0.0810. The molecule has 7 heteroatoms. The quantitative estimate of drug-likeness (QED) is 0.786. The fourth-order valence-corrected chi connectivity index (χ4v) is 2.87. The van der Waals surface area contributed by atoms with Gasteiger partial charge in [-0.15, -0.1) is 0 Å². The molecular formula is C11H14F3NO3. The molecule has 2 rings (SSSR count). The molecule has 0 aromatic heterocycles. The van der Waals surface area contributed by atoms with Crippen LogP contribution in [0.3, 0.4) is 0 Å². The number of nitrogens with zero attached hydrogens (tertiary/aromatic N) is 1. The number of hydrogen-bond acceptors (Lipinski definition) is 2. The van der Waals surface area contributed by atoms with Crippen molar-refractivity contribution in [2.45, 2.75) is 44.3 Å². The number of amides is 1. The van der Waals surface area contributed by atoms with Crippen molar-refractivity contribution >= 4 is 11.9 Å². The normalized spacial score (nSPS) is 26.8. The Balaban J connectivity index is 2.20. The van der Waals surface area contributed by atoms with E-state index in [9.17, 15) is 22.8 Å². The summed E-state index contributed by atoms with van der Waals surface area (Å²) in [5.41, 5.74) is -0.271. The Hall–Kier alpha value is -1.27. The van der Waals surface area contributed by atoms with Crippen molar-refractivity contribution in [1.82, 2.24) is 4.90 Å². The molecule has 4 nitrogen and oxygen atoms in total. The maximum Gasteiger partial charge on any atom is 0.471 e. The standard InChI is InChI=1S/C11H14F3NO3/c12-11(13,14)9(18)15-6-10(3-1-4-10)5-2-7(15)8(16)17/h7H,1-6H2,(H,16,17). The van der Waals surface area contributed by atoms with Crippen LogP contribution in [0.5, 0.6) is 0 Å². The summed E-state index contributed by atoms with van der Waals surface area (Å²) in [6.45, 7) is -0.0810. The first-order chi connectivity index (χ1) is 8.25. The lowest BCUT2D eigenvalue weighted by Gasteiger charge is -2.50. The average Bonchev–Trinajstić information content (AvgIpc) is 2.23. The molecule has 102 valence electrons. The average molecular weight is 265 g/mol. The lowest BCUT2D eigenvalue weighted by atomic mass is 9.63. The summed E-state index contributed by atoms with van der Waals surface area (Å²) < 4.78 is 37.4. The third-order valence-electron chi connectivity index (χ3n) is 4.03. The van der Waals surface area contributed by atoms with E-state index in [2.05, 4.69) is 0 Å². The van der Waals surface area contributed by atoms with E-state index in [1.165, 1.54) is 0 Å². The molecule has 1 amide bonds. The van der Waals surface area contributed by atoms with E-state index in [0.717, 1.165) is 19.3 Å². The van der Waals surface area contributed by atoms with Gasteiger partial charge in [-0.2, -0.15) is 13.2 Å². The highest BCUT2D eigenvalue weighted by Crippen LogP contribution is 2.49. The number of carboxylic acids is 1. The van der Waals surface area contributed by atoms with E-state index in [0.29, 0.717) is 11.3 Å². The molecule has 0 bridgehead atoms. The van der Waals surface area contributed by atoms with E-state index >= 15 is 0 Å². The van der Waals surface area contributed by atoms with Crippen LogP contribution >= 0.6 is 0 Å². The SMILES string of the molecule is O=C(O)C1CCC2(CCC2)CN1C(=O)C(F)(F)F. The molecule has 1 spiro atoms. The fraction of sp³-hybridized carbons (Fsp3) is 0.818. The summed E-state index contributed by atoms with van der Waals surface area (Å²) in [7, 11) is 0. The lowest BCUT2D eigenvalue weighted by Crippen LogP contribution is -2.59. The van der Waals surface area contributed by atoms with Crippen LogP contribution in [0.25, 0.3) is 0 Å². The molecule has 1 aliphatic carbocycles. The Morgan fingerprint density at radius 3 is 2.22 bits per heavy atom.